The number of thioether (sulfide) groups is 1. The zero-order chi connectivity index (χ0) is 27.7. The molecule has 1 aliphatic heterocycles. The van der Waals surface area contributed by atoms with E-state index in [1.807, 2.05) is 31.2 Å². The van der Waals surface area contributed by atoms with Gasteiger partial charge in [0.2, 0.25) is 0 Å². The van der Waals surface area contributed by atoms with Gasteiger partial charge in [-0.3, -0.25) is 0 Å². The zero-order valence-electron chi connectivity index (χ0n) is 22.1. The molecule has 0 saturated heterocycles. The number of hydrogen-bond donors (Lipinski definition) is 4. The molecule has 0 spiro atoms. The van der Waals surface area contributed by atoms with Gasteiger partial charge >= 0.3 is 5.97 Å². The Morgan fingerprint density at radius 1 is 0.947 bits per heavy atom. The van der Waals surface area contributed by atoms with E-state index in [0.717, 1.165) is 27.1 Å². The Labute approximate surface area is 227 Å². The maximum atomic E-state index is 13.5. The van der Waals surface area contributed by atoms with Gasteiger partial charge < -0.3 is 25.2 Å². The van der Waals surface area contributed by atoms with E-state index in [2.05, 4.69) is 20.8 Å². The van der Waals surface area contributed by atoms with Crippen molar-refractivity contribution in [3.05, 3.63) is 99.1 Å². The van der Waals surface area contributed by atoms with Gasteiger partial charge in [0.15, 0.2) is 0 Å². The lowest BCUT2D eigenvalue weighted by molar-refractivity contribution is -0.160. The minimum absolute atomic E-state index is 0.0474. The van der Waals surface area contributed by atoms with Gasteiger partial charge in [0.05, 0.1) is 13.0 Å². The molecular weight excluding hydrogens is 500 g/mol. The van der Waals surface area contributed by atoms with E-state index in [1.165, 1.54) is 23.9 Å². The highest BCUT2D eigenvalue weighted by Crippen LogP contribution is 2.47. The molecule has 3 aromatic rings. The second kappa shape index (κ2) is 10.8. The van der Waals surface area contributed by atoms with Crippen LogP contribution in [0.25, 0.3) is 0 Å². The molecule has 7 heteroatoms. The number of aromatic hydroxyl groups is 2. The van der Waals surface area contributed by atoms with Gasteiger partial charge in [-0.15, -0.1) is 0 Å². The molecule has 0 fully saturated rings. The summed E-state index contributed by atoms with van der Waals surface area (Å²) in [6.45, 7) is 8.03. The van der Waals surface area contributed by atoms with Crippen molar-refractivity contribution < 1.29 is 30.0 Å². The monoisotopic (exact) mass is 534 g/mol. The van der Waals surface area contributed by atoms with Crippen molar-refractivity contribution in [2.24, 2.45) is 0 Å². The van der Waals surface area contributed by atoms with Crippen LogP contribution in [0.2, 0.25) is 0 Å². The largest absolute Gasteiger partial charge is 0.511 e. The van der Waals surface area contributed by atoms with Crippen molar-refractivity contribution in [3.8, 4) is 11.5 Å². The molecule has 3 aromatic carbocycles. The molecule has 1 heterocycles. The lowest BCUT2D eigenvalue weighted by Crippen LogP contribution is -2.38. The fourth-order valence-corrected chi connectivity index (χ4v) is 5.97. The molecule has 6 nitrogen and oxygen atoms in total. The highest BCUT2D eigenvalue weighted by atomic mass is 32.2. The van der Waals surface area contributed by atoms with Gasteiger partial charge in [-0.1, -0.05) is 62.9 Å². The van der Waals surface area contributed by atoms with Crippen molar-refractivity contribution in [2.75, 3.05) is 0 Å². The molecule has 4 rings (SSSR count). The highest BCUT2D eigenvalue weighted by Gasteiger charge is 2.44. The van der Waals surface area contributed by atoms with Crippen LogP contribution in [0.15, 0.2) is 76.2 Å². The summed E-state index contributed by atoms with van der Waals surface area (Å²) < 4.78 is 6.15. The Balaban J connectivity index is 1.71. The molecule has 0 amide bonds. The Bertz CT molecular complexity index is 1350. The number of carbonyl (C=O) groups excluding carboxylic acids is 1. The van der Waals surface area contributed by atoms with E-state index in [4.69, 9.17) is 4.74 Å². The number of phenolic OH excluding ortho intramolecular Hbond substituents is 2. The normalized spacial score (nSPS) is 18.0. The van der Waals surface area contributed by atoms with Crippen LogP contribution >= 0.6 is 11.8 Å². The third-order valence-corrected chi connectivity index (χ3v) is 8.13. The molecule has 0 radical (unpaired) electrons. The second-order valence-electron chi connectivity index (χ2n) is 10.8. The number of phenols is 2. The Kier molecular flexibility index (Phi) is 7.81. The molecule has 1 atom stereocenters. The summed E-state index contributed by atoms with van der Waals surface area (Å²) in [7, 11) is 0. The second-order valence-corrected chi connectivity index (χ2v) is 11.9. The van der Waals surface area contributed by atoms with E-state index in [1.54, 1.807) is 24.3 Å². The average Bonchev–Trinajstić information content (AvgIpc) is 2.85. The molecule has 0 aliphatic carbocycles. The molecule has 0 aromatic heterocycles. The molecule has 200 valence electrons. The molecular formula is C31H34O6S. The van der Waals surface area contributed by atoms with Gasteiger partial charge in [-0.05, 0) is 83.3 Å². The Hall–Kier alpha value is -3.42. The summed E-state index contributed by atoms with van der Waals surface area (Å²) in [5.74, 6) is -0.391. The molecule has 1 unspecified atom stereocenters. The van der Waals surface area contributed by atoms with Crippen LogP contribution in [0.4, 0.5) is 0 Å². The summed E-state index contributed by atoms with van der Waals surface area (Å²) >= 11 is 1.19. The van der Waals surface area contributed by atoms with Crippen molar-refractivity contribution in [2.45, 2.75) is 69.5 Å². The van der Waals surface area contributed by atoms with Gasteiger partial charge in [0.1, 0.15) is 27.8 Å². The number of benzene rings is 3. The number of aliphatic hydroxyl groups excluding tert-OH is 2. The molecule has 4 N–H and O–H groups in total. The summed E-state index contributed by atoms with van der Waals surface area (Å²) in [5, 5.41) is 40.5. The maximum absolute atomic E-state index is 13.5. The van der Waals surface area contributed by atoms with Crippen LogP contribution in [0.5, 0.6) is 11.5 Å². The fourth-order valence-electron chi connectivity index (χ4n) is 4.72. The molecule has 38 heavy (non-hydrogen) atoms. The smallest absolute Gasteiger partial charge is 0.349 e. The average molecular weight is 535 g/mol. The first kappa shape index (κ1) is 27.6. The molecule has 0 saturated carbocycles. The number of ether oxygens (including phenoxy) is 1. The van der Waals surface area contributed by atoms with Crippen LogP contribution < -0.4 is 0 Å². The van der Waals surface area contributed by atoms with Crippen LogP contribution in [-0.2, 0) is 33.6 Å². The lowest BCUT2D eigenvalue weighted by atomic mass is 9.82. The van der Waals surface area contributed by atoms with Crippen LogP contribution in [0.3, 0.4) is 0 Å². The van der Waals surface area contributed by atoms with Crippen molar-refractivity contribution >= 4 is 17.7 Å². The van der Waals surface area contributed by atoms with Crippen LogP contribution in [0, 0.1) is 6.92 Å². The quantitative estimate of drug-likeness (QED) is 0.255. The number of cyclic esters (lactones) is 1. The third-order valence-electron chi connectivity index (χ3n) is 6.96. The van der Waals surface area contributed by atoms with E-state index in [0.29, 0.717) is 18.4 Å². The van der Waals surface area contributed by atoms with Gasteiger partial charge in [0, 0.05) is 4.90 Å². The summed E-state index contributed by atoms with van der Waals surface area (Å²) in [5.41, 5.74) is 2.94. The SMILES string of the molecule is Cc1cc(SC2=C(O)CC(CCc3ccc(O)cc3)(c3ccc(O)cc3)OC2=O)c(C(C)(C)C)cc1CO. The molecule has 0 bridgehead atoms. The van der Waals surface area contributed by atoms with Crippen molar-refractivity contribution in [1.82, 2.24) is 0 Å². The fraction of sp³-hybridized carbons (Fsp3) is 0.323. The van der Waals surface area contributed by atoms with Gasteiger partial charge in [-0.25, -0.2) is 4.79 Å². The minimum Gasteiger partial charge on any atom is -0.511 e. The highest BCUT2D eigenvalue weighted by molar-refractivity contribution is 8.04. The number of hydrogen-bond acceptors (Lipinski definition) is 7. The van der Waals surface area contributed by atoms with Crippen molar-refractivity contribution in [1.29, 1.82) is 0 Å². The summed E-state index contributed by atoms with van der Waals surface area (Å²) in [6, 6.07) is 17.2. The minimum atomic E-state index is -1.12. The first-order valence-corrected chi connectivity index (χ1v) is 13.4. The van der Waals surface area contributed by atoms with E-state index >= 15 is 0 Å². The Morgan fingerprint density at radius 2 is 1.55 bits per heavy atom. The number of rotatable bonds is 7. The van der Waals surface area contributed by atoms with E-state index in [-0.39, 0.29) is 40.6 Å². The lowest BCUT2D eigenvalue weighted by Gasteiger charge is -2.38. The summed E-state index contributed by atoms with van der Waals surface area (Å²) in [6.07, 6.45) is 1.02. The number of carbonyl (C=O) groups is 1. The van der Waals surface area contributed by atoms with E-state index < -0.39 is 11.6 Å². The van der Waals surface area contributed by atoms with Gasteiger partial charge in [0.25, 0.3) is 0 Å². The van der Waals surface area contributed by atoms with Crippen LogP contribution in [-0.4, -0.2) is 26.4 Å². The maximum Gasteiger partial charge on any atom is 0.349 e. The Morgan fingerprint density at radius 3 is 2.11 bits per heavy atom. The first-order valence-electron chi connectivity index (χ1n) is 12.6. The van der Waals surface area contributed by atoms with Gasteiger partial charge in [-0.2, -0.15) is 0 Å². The summed E-state index contributed by atoms with van der Waals surface area (Å²) in [4.78, 5) is 14.5. The number of esters is 1. The number of aliphatic hydroxyl groups is 2. The van der Waals surface area contributed by atoms with E-state index in [9.17, 15) is 25.2 Å². The zero-order valence-corrected chi connectivity index (χ0v) is 22.9. The number of aryl methyl sites for hydroxylation is 2. The third kappa shape index (κ3) is 5.84. The standard InChI is InChI=1S/C31H34O6S/c1-19-15-27(25(30(2,3)4)16-21(19)18-32)38-28-26(35)17-31(37-29(28)36,22-7-11-24(34)12-8-22)14-13-20-5-9-23(33)10-6-20/h5-12,15-16,32-35H,13-14,17-18H2,1-4H3. The molecule has 1 aliphatic rings. The van der Waals surface area contributed by atoms with Crippen LogP contribution in [0.1, 0.15) is 61.4 Å². The predicted octanol–water partition coefficient (Wildman–Crippen LogP) is 6.53. The first-order chi connectivity index (χ1) is 17.9. The van der Waals surface area contributed by atoms with Crippen molar-refractivity contribution in [3.63, 3.8) is 0 Å². The predicted molar refractivity (Wildman–Crippen MR) is 148 cm³/mol. The topological polar surface area (TPSA) is 107 Å².